The normalized spacial score (nSPS) is 15.8. The summed E-state index contributed by atoms with van der Waals surface area (Å²) in [5.41, 5.74) is 12.2. The fourth-order valence-electron chi connectivity index (χ4n) is 7.41. The molecular formula is C39H24ClNO. The number of hydrogen-bond donors (Lipinski definition) is 0. The van der Waals surface area contributed by atoms with Crippen molar-refractivity contribution in [3.63, 3.8) is 0 Å². The number of benzene rings is 6. The summed E-state index contributed by atoms with van der Waals surface area (Å²) in [6, 6.07) is 51.6. The average Bonchev–Trinajstić information content (AvgIpc) is 3.66. The minimum absolute atomic E-state index is 0.539. The number of fused-ring (bicyclic) bond motifs is 12. The van der Waals surface area contributed by atoms with E-state index in [9.17, 15) is 0 Å². The molecule has 6 aromatic carbocycles. The first kappa shape index (κ1) is 23.6. The molecule has 0 aliphatic heterocycles. The Labute approximate surface area is 249 Å². The van der Waals surface area contributed by atoms with E-state index in [1.54, 1.807) is 0 Å². The second kappa shape index (κ2) is 8.72. The van der Waals surface area contributed by atoms with Gasteiger partial charge in [-0.3, -0.25) is 0 Å². The van der Waals surface area contributed by atoms with Gasteiger partial charge in [0, 0.05) is 38.5 Å². The molecule has 1 atom stereocenters. The van der Waals surface area contributed by atoms with Crippen molar-refractivity contribution in [3.05, 3.63) is 173 Å². The molecule has 9 rings (SSSR count). The van der Waals surface area contributed by atoms with E-state index in [-0.39, 0.29) is 0 Å². The fraction of sp³-hybridized carbons (Fsp3) is 0.0256. The van der Waals surface area contributed by atoms with Crippen LogP contribution in [0.5, 0.6) is 0 Å². The quantitative estimate of drug-likeness (QED) is 0.215. The molecule has 1 aromatic heterocycles. The van der Waals surface area contributed by atoms with Crippen LogP contribution in [0, 0.1) is 0 Å². The zero-order valence-electron chi connectivity index (χ0n) is 22.6. The maximum Gasteiger partial charge on any atom is 0.140 e. The highest BCUT2D eigenvalue weighted by Crippen LogP contribution is 2.66. The minimum Gasteiger partial charge on any atom is -0.456 e. The Morgan fingerprint density at radius 2 is 1.19 bits per heavy atom. The van der Waals surface area contributed by atoms with Gasteiger partial charge in [0.05, 0.1) is 11.1 Å². The first-order valence-electron chi connectivity index (χ1n) is 14.2. The zero-order valence-corrected chi connectivity index (χ0v) is 23.3. The summed E-state index contributed by atoms with van der Waals surface area (Å²) in [5.74, 6) is 0.907. The van der Waals surface area contributed by atoms with Crippen molar-refractivity contribution in [2.45, 2.75) is 5.41 Å². The maximum atomic E-state index is 6.66. The molecule has 2 aliphatic rings. The van der Waals surface area contributed by atoms with Crippen molar-refractivity contribution in [3.8, 4) is 22.5 Å². The second-order valence-corrected chi connectivity index (χ2v) is 11.4. The van der Waals surface area contributed by atoms with Crippen molar-refractivity contribution >= 4 is 39.6 Å². The topological polar surface area (TPSA) is 16.4 Å². The summed E-state index contributed by atoms with van der Waals surface area (Å²) < 4.78 is 6.66. The van der Waals surface area contributed by atoms with Gasteiger partial charge in [-0.05, 0) is 70.8 Å². The van der Waals surface area contributed by atoms with Gasteiger partial charge in [0.25, 0.3) is 0 Å². The van der Waals surface area contributed by atoms with E-state index in [2.05, 4.69) is 138 Å². The third-order valence-electron chi connectivity index (χ3n) is 8.92. The van der Waals surface area contributed by atoms with Gasteiger partial charge in [0.1, 0.15) is 11.3 Å². The van der Waals surface area contributed by atoms with E-state index in [0.29, 0.717) is 5.02 Å². The van der Waals surface area contributed by atoms with Gasteiger partial charge in [-0.15, -0.1) is 0 Å². The van der Waals surface area contributed by atoms with Crippen molar-refractivity contribution in [1.29, 1.82) is 0 Å². The molecule has 0 saturated heterocycles. The lowest BCUT2D eigenvalue weighted by atomic mass is 9.70. The lowest BCUT2D eigenvalue weighted by Crippen LogP contribution is -2.26. The van der Waals surface area contributed by atoms with Gasteiger partial charge in [0.2, 0.25) is 0 Å². The van der Waals surface area contributed by atoms with Gasteiger partial charge >= 0.3 is 0 Å². The SMILES string of the molecule is Clc1ccc2c(c1)-c1oc3ccccc3c1C21c2ccccc2-c2c(N(c3ccccc3)c3ccccc3)cccc21. The van der Waals surface area contributed by atoms with E-state index < -0.39 is 5.41 Å². The van der Waals surface area contributed by atoms with E-state index >= 15 is 0 Å². The van der Waals surface area contributed by atoms with Crippen LogP contribution >= 0.6 is 11.6 Å². The van der Waals surface area contributed by atoms with E-state index in [1.165, 1.54) is 33.4 Å². The van der Waals surface area contributed by atoms with E-state index in [0.717, 1.165) is 39.4 Å². The van der Waals surface area contributed by atoms with Crippen LogP contribution in [-0.4, -0.2) is 0 Å². The molecule has 1 heterocycles. The fourth-order valence-corrected chi connectivity index (χ4v) is 7.58. The Kier molecular flexibility index (Phi) is 4.91. The van der Waals surface area contributed by atoms with Crippen LogP contribution in [0.4, 0.5) is 17.1 Å². The van der Waals surface area contributed by atoms with Crippen LogP contribution in [0.25, 0.3) is 33.4 Å². The van der Waals surface area contributed by atoms with Crippen LogP contribution in [0.15, 0.2) is 150 Å². The molecule has 2 nitrogen and oxygen atoms in total. The molecule has 7 aromatic rings. The molecule has 0 radical (unpaired) electrons. The molecule has 0 N–H and O–H groups in total. The van der Waals surface area contributed by atoms with Crippen molar-refractivity contribution in [2.24, 2.45) is 0 Å². The largest absolute Gasteiger partial charge is 0.456 e. The Hall–Kier alpha value is -5.05. The van der Waals surface area contributed by atoms with E-state index in [1.807, 2.05) is 12.1 Å². The van der Waals surface area contributed by atoms with Gasteiger partial charge in [0.15, 0.2) is 0 Å². The number of nitrogens with zero attached hydrogens (tertiary/aromatic N) is 1. The number of hydrogen-bond acceptors (Lipinski definition) is 2. The third kappa shape index (κ3) is 3.00. The molecule has 0 fully saturated rings. The first-order valence-corrected chi connectivity index (χ1v) is 14.6. The highest BCUT2D eigenvalue weighted by Gasteiger charge is 2.55. The highest BCUT2D eigenvalue weighted by molar-refractivity contribution is 6.31. The standard InChI is InChI=1S/C39H24ClNO/c40-25-22-23-32-30(24-25)38-37(29-17-8-10-21-35(29)42-38)39(32)31-18-9-7-16-28(31)36-33(39)19-11-20-34(36)41(26-12-3-1-4-13-26)27-14-5-2-6-15-27/h1-24H. The van der Waals surface area contributed by atoms with Crippen molar-refractivity contribution < 1.29 is 4.42 Å². The van der Waals surface area contributed by atoms with Gasteiger partial charge in [-0.25, -0.2) is 0 Å². The van der Waals surface area contributed by atoms with Crippen molar-refractivity contribution in [1.82, 2.24) is 0 Å². The molecule has 0 saturated carbocycles. The number of furan rings is 1. The lowest BCUT2D eigenvalue weighted by molar-refractivity contribution is 0.628. The van der Waals surface area contributed by atoms with Crippen LogP contribution in [-0.2, 0) is 5.41 Å². The molecule has 1 unspecified atom stereocenters. The molecule has 1 spiro atoms. The molecular weight excluding hydrogens is 534 g/mol. The summed E-state index contributed by atoms with van der Waals surface area (Å²) in [4.78, 5) is 2.38. The number of rotatable bonds is 3. The minimum atomic E-state index is -0.539. The predicted octanol–water partition coefficient (Wildman–Crippen LogP) is 10.9. The summed E-state index contributed by atoms with van der Waals surface area (Å²) >= 11 is 6.64. The van der Waals surface area contributed by atoms with Crippen LogP contribution in [0.2, 0.25) is 5.02 Å². The number of anilines is 3. The Morgan fingerprint density at radius 3 is 1.98 bits per heavy atom. The molecule has 198 valence electrons. The van der Waals surface area contributed by atoms with E-state index in [4.69, 9.17) is 16.0 Å². The zero-order chi connectivity index (χ0) is 27.8. The summed E-state index contributed by atoms with van der Waals surface area (Å²) in [6.45, 7) is 0. The smallest absolute Gasteiger partial charge is 0.140 e. The average molecular weight is 558 g/mol. The second-order valence-electron chi connectivity index (χ2n) is 11.0. The maximum absolute atomic E-state index is 6.66. The van der Waals surface area contributed by atoms with Crippen LogP contribution in [0.3, 0.4) is 0 Å². The highest BCUT2D eigenvalue weighted by atomic mass is 35.5. The lowest BCUT2D eigenvalue weighted by Gasteiger charge is -2.31. The monoisotopic (exact) mass is 557 g/mol. The van der Waals surface area contributed by atoms with Gasteiger partial charge in [-0.1, -0.05) is 109 Å². The first-order chi connectivity index (χ1) is 20.8. The molecule has 2 aliphatic carbocycles. The third-order valence-corrected chi connectivity index (χ3v) is 9.15. The van der Waals surface area contributed by atoms with Crippen molar-refractivity contribution in [2.75, 3.05) is 4.90 Å². The van der Waals surface area contributed by atoms with Gasteiger partial charge < -0.3 is 9.32 Å². The Balaban J connectivity index is 1.44. The Bertz CT molecular complexity index is 2130. The van der Waals surface area contributed by atoms with Crippen LogP contribution in [0.1, 0.15) is 22.3 Å². The number of para-hydroxylation sites is 3. The summed E-state index contributed by atoms with van der Waals surface area (Å²) in [5, 5.41) is 1.84. The molecule has 42 heavy (non-hydrogen) atoms. The molecule has 0 bridgehead atoms. The summed E-state index contributed by atoms with van der Waals surface area (Å²) in [6.07, 6.45) is 0. The molecule has 3 heteroatoms. The predicted molar refractivity (Wildman–Crippen MR) is 172 cm³/mol. The van der Waals surface area contributed by atoms with Gasteiger partial charge in [-0.2, -0.15) is 0 Å². The van der Waals surface area contributed by atoms with Crippen LogP contribution < -0.4 is 4.90 Å². The molecule has 0 amide bonds. The Morgan fingerprint density at radius 1 is 0.548 bits per heavy atom. The number of halogens is 1. The summed E-state index contributed by atoms with van der Waals surface area (Å²) in [7, 11) is 0.